The van der Waals surface area contributed by atoms with Crippen LogP contribution < -0.4 is 10.2 Å². The van der Waals surface area contributed by atoms with Crippen LogP contribution in [0.3, 0.4) is 0 Å². The molecule has 2 amide bonds. The zero-order valence-corrected chi connectivity index (χ0v) is 20.9. The van der Waals surface area contributed by atoms with E-state index < -0.39 is 0 Å². The Bertz CT molecular complexity index is 1190. The first-order valence-electron chi connectivity index (χ1n) is 11.5. The summed E-state index contributed by atoms with van der Waals surface area (Å²) in [6.07, 6.45) is 2.69. The average Bonchev–Trinajstić information content (AvgIpc) is 3.45. The molecule has 2 saturated heterocycles. The number of rotatable bonds is 5. The maximum atomic E-state index is 13.0. The van der Waals surface area contributed by atoms with Gasteiger partial charge in [0.05, 0.1) is 26.8 Å². The van der Waals surface area contributed by atoms with Crippen LogP contribution >= 0.6 is 22.7 Å². The van der Waals surface area contributed by atoms with Crippen LogP contribution in [-0.2, 0) is 16.1 Å². The lowest BCUT2D eigenvalue weighted by molar-refractivity contribution is -0.122. The average molecular weight is 484 g/mol. The number of nitrogens with one attached hydrogen (secondary N) is 1. The summed E-state index contributed by atoms with van der Waals surface area (Å²) in [5, 5.41) is 4.60. The van der Waals surface area contributed by atoms with Crippen LogP contribution in [0.5, 0.6) is 0 Å². The smallest absolute Gasteiger partial charge is 0.231 e. The molecule has 0 aliphatic carbocycles. The van der Waals surface area contributed by atoms with Crippen LogP contribution in [0.1, 0.15) is 41.8 Å². The quantitative estimate of drug-likeness (QED) is 0.574. The fourth-order valence-corrected chi connectivity index (χ4v) is 6.41. The Morgan fingerprint density at radius 2 is 1.97 bits per heavy atom. The van der Waals surface area contributed by atoms with Crippen LogP contribution in [0.2, 0.25) is 0 Å². The summed E-state index contributed by atoms with van der Waals surface area (Å²) in [5.74, 6) is 0.252. The first-order valence-corrected chi connectivity index (χ1v) is 13.2. The molecule has 174 valence electrons. The van der Waals surface area contributed by atoms with Gasteiger partial charge in [0.2, 0.25) is 11.8 Å². The van der Waals surface area contributed by atoms with Gasteiger partial charge in [0.15, 0.2) is 5.13 Å². The molecule has 2 aromatic heterocycles. The molecule has 3 aromatic rings. The molecule has 2 fully saturated rings. The van der Waals surface area contributed by atoms with E-state index in [1.165, 1.54) is 17.7 Å². The maximum Gasteiger partial charge on any atom is 0.231 e. The highest BCUT2D eigenvalue weighted by Gasteiger charge is 2.35. The molecule has 0 spiro atoms. The minimum absolute atomic E-state index is 0.0308. The van der Waals surface area contributed by atoms with Crippen molar-refractivity contribution in [3.8, 4) is 0 Å². The maximum absolute atomic E-state index is 13.0. The fourth-order valence-electron chi connectivity index (χ4n) is 4.59. The molecule has 1 atom stereocenters. The third kappa shape index (κ3) is 4.81. The second kappa shape index (κ2) is 9.12. The van der Waals surface area contributed by atoms with Crippen molar-refractivity contribution < 1.29 is 9.59 Å². The number of carbonyl (C=O) groups excluding carboxylic acids is 2. The number of anilines is 2. The number of hydrogen-bond donors (Lipinski definition) is 1. The SMILES string of the molecule is Cc1nc2cc(N3CC(C(=O)Nc4nc(C)c(CN5CCC(C)CC5)s4)CC3=O)ccc2s1. The van der Waals surface area contributed by atoms with Gasteiger partial charge in [-0.15, -0.1) is 22.7 Å². The molecular formula is C24H29N5O2S2. The number of piperidine rings is 1. The van der Waals surface area contributed by atoms with Gasteiger partial charge in [0.25, 0.3) is 0 Å². The molecule has 7 nitrogen and oxygen atoms in total. The third-order valence-electron chi connectivity index (χ3n) is 6.65. The molecule has 1 unspecified atom stereocenters. The Morgan fingerprint density at radius 3 is 2.76 bits per heavy atom. The Labute approximate surface area is 201 Å². The molecule has 5 rings (SSSR count). The lowest BCUT2D eigenvalue weighted by atomic mass is 9.99. The highest BCUT2D eigenvalue weighted by molar-refractivity contribution is 7.18. The molecule has 0 saturated carbocycles. The number of hydrogen-bond acceptors (Lipinski definition) is 7. The molecule has 0 bridgehead atoms. The van der Waals surface area contributed by atoms with Crippen LogP contribution in [0.15, 0.2) is 18.2 Å². The van der Waals surface area contributed by atoms with Crippen LogP contribution in [-0.4, -0.2) is 46.3 Å². The predicted octanol–water partition coefficient (Wildman–Crippen LogP) is 4.59. The summed E-state index contributed by atoms with van der Waals surface area (Å²) >= 11 is 3.19. The lowest BCUT2D eigenvalue weighted by Gasteiger charge is -2.29. The summed E-state index contributed by atoms with van der Waals surface area (Å²) in [6, 6.07) is 5.88. The van der Waals surface area contributed by atoms with Gasteiger partial charge in [-0.2, -0.15) is 0 Å². The topological polar surface area (TPSA) is 78.4 Å². The molecule has 0 radical (unpaired) electrons. The summed E-state index contributed by atoms with van der Waals surface area (Å²) < 4.78 is 1.10. The van der Waals surface area contributed by atoms with E-state index in [4.69, 9.17) is 0 Å². The second-order valence-corrected chi connectivity index (χ2v) is 11.6. The van der Waals surface area contributed by atoms with Crippen molar-refractivity contribution in [2.75, 3.05) is 29.9 Å². The Hall–Kier alpha value is -2.36. The monoisotopic (exact) mass is 483 g/mol. The zero-order chi connectivity index (χ0) is 23.1. The molecule has 1 aromatic carbocycles. The molecule has 1 N–H and O–H groups in total. The highest BCUT2D eigenvalue weighted by Crippen LogP contribution is 2.31. The van der Waals surface area contributed by atoms with Gasteiger partial charge >= 0.3 is 0 Å². The number of likely N-dealkylation sites (tertiary alicyclic amines) is 1. The van der Waals surface area contributed by atoms with Crippen molar-refractivity contribution in [2.45, 2.75) is 46.6 Å². The van der Waals surface area contributed by atoms with Gasteiger partial charge < -0.3 is 10.2 Å². The number of aryl methyl sites for hydroxylation is 2. The van der Waals surface area contributed by atoms with Crippen LogP contribution in [0.4, 0.5) is 10.8 Å². The Balaban J connectivity index is 1.22. The third-order valence-corrected chi connectivity index (χ3v) is 8.66. The van der Waals surface area contributed by atoms with Gasteiger partial charge in [-0.1, -0.05) is 6.92 Å². The van der Waals surface area contributed by atoms with E-state index in [-0.39, 0.29) is 24.2 Å². The number of carbonyl (C=O) groups is 2. The minimum atomic E-state index is -0.387. The van der Waals surface area contributed by atoms with Crippen molar-refractivity contribution in [2.24, 2.45) is 11.8 Å². The Kier molecular flexibility index (Phi) is 6.20. The van der Waals surface area contributed by atoms with E-state index >= 15 is 0 Å². The van der Waals surface area contributed by atoms with Crippen LogP contribution in [0, 0.1) is 25.7 Å². The zero-order valence-electron chi connectivity index (χ0n) is 19.3. The normalized spacial score (nSPS) is 20.2. The van der Waals surface area contributed by atoms with Crippen molar-refractivity contribution in [3.63, 3.8) is 0 Å². The number of aromatic nitrogens is 2. The minimum Gasteiger partial charge on any atom is -0.312 e. The van der Waals surface area contributed by atoms with E-state index in [2.05, 4.69) is 27.1 Å². The fraction of sp³-hybridized carbons (Fsp3) is 0.500. The molecule has 9 heteroatoms. The van der Waals surface area contributed by atoms with Crippen LogP contribution in [0.25, 0.3) is 10.2 Å². The van der Waals surface area contributed by atoms with Crippen molar-refractivity contribution in [3.05, 3.63) is 33.8 Å². The van der Waals surface area contributed by atoms with E-state index in [0.717, 1.165) is 52.2 Å². The summed E-state index contributed by atoms with van der Waals surface area (Å²) in [7, 11) is 0. The molecule has 33 heavy (non-hydrogen) atoms. The van der Waals surface area contributed by atoms with Crippen molar-refractivity contribution in [1.82, 2.24) is 14.9 Å². The first-order chi connectivity index (χ1) is 15.9. The van der Waals surface area contributed by atoms with E-state index in [1.54, 1.807) is 27.6 Å². The summed E-state index contributed by atoms with van der Waals surface area (Å²) in [6.45, 7) is 9.80. The number of benzene rings is 1. The molecular weight excluding hydrogens is 454 g/mol. The van der Waals surface area contributed by atoms with E-state index in [1.807, 2.05) is 32.0 Å². The highest BCUT2D eigenvalue weighted by atomic mass is 32.1. The van der Waals surface area contributed by atoms with Gasteiger partial charge in [-0.3, -0.25) is 14.5 Å². The molecule has 2 aliphatic rings. The number of fused-ring (bicyclic) bond motifs is 1. The van der Waals surface area contributed by atoms with Gasteiger partial charge in [-0.25, -0.2) is 9.97 Å². The molecule has 4 heterocycles. The van der Waals surface area contributed by atoms with E-state index in [0.29, 0.717) is 11.7 Å². The Morgan fingerprint density at radius 1 is 1.18 bits per heavy atom. The summed E-state index contributed by atoms with van der Waals surface area (Å²) in [4.78, 5) is 40.1. The van der Waals surface area contributed by atoms with E-state index in [9.17, 15) is 9.59 Å². The van der Waals surface area contributed by atoms with Crippen molar-refractivity contribution in [1.29, 1.82) is 0 Å². The lowest BCUT2D eigenvalue weighted by Crippen LogP contribution is -2.32. The van der Waals surface area contributed by atoms with Gasteiger partial charge in [-0.05, 0) is 63.9 Å². The number of thiazole rings is 2. The van der Waals surface area contributed by atoms with Gasteiger partial charge in [0.1, 0.15) is 0 Å². The standard InChI is InChI=1S/C24H29N5O2S2/c1-14-6-8-28(9-7-14)13-21-15(2)25-24(33-21)27-23(31)17-10-22(30)29(12-17)18-4-5-20-19(11-18)26-16(3)32-20/h4-5,11,14,17H,6-10,12-13H2,1-3H3,(H,25,27,31). The summed E-state index contributed by atoms with van der Waals surface area (Å²) in [5.41, 5.74) is 2.67. The number of amides is 2. The largest absolute Gasteiger partial charge is 0.312 e. The molecule has 2 aliphatic heterocycles. The predicted molar refractivity (Wildman–Crippen MR) is 134 cm³/mol. The number of nitrogens with zero attached hydrogens (tertiary/aromatic N) is 4. The second-order valence-electron chi connectivity index (χ2n) is 9.27. The van der Waals surface area contributed by atoms with Crippen molar-refractivity contribution >= 4 is 55.5 Å². The first kappa shape index (κ1) is 22.4. The van der Waals surface area contributed by atoms with Gasteiger partial charge in [0, 0.05) is 30.1 Å².